The van der Waals surface area contributed by atoms with Crippen molar-refractivity contribution in [3.63, 3.8) is 0 Å². The fourth-order valence-corrected chi connectivity index (χ4v) is 2.96. The van der Waals surface area contributed by atoms with E-state index in [0.29, 0.717) is 13.2 Å². The molecule has 1 aromatic carbocycles. The van der Waals surface area contributed by atoms with Crippen molar-refractivity contribution in [3.05, 3.63) is 35.9 Å². The third kappa shape index (κ3) is 2.13. The Balaban J connectivity index is 1.71. The minimum Gasteiger partial charge on any atom is -0.349 e. The van der Waals surface area contributed by atoms with Crippen LogP contribution in [0.25, 0.3) is 0 Å². The highest BCUT2D eigenvalue weighted by atomic mass is 16.7. The van der Waals surface area contributed by atoms with E-state index in [1.807, 2.05) is 44.2 Å². The molecule has 1 heterocycles. The lowest BCUT2D eigenvalue weighted by Crippen LogP contribution is -2.48. The van der Waals surface area contributed by atoms with Crippen LogP contribution in [0.3, 0.4) is 0 Å². The third-order valence-corrected chi connectivity index (χ3v) is 4.54. The molecule has 0 aromatic heterocycles. The minimum absolute atomic E-state index is 0.00817. The first-order chi connectivity index (χ1) is 9.57. The summed E-state index contributed by atoms with van der Waals surface area (Å²) >= 11 is 0. The van der Waals surface area contributed by atoms with Gasteiger partial charge in [-0.2, -0.15) is 0 Å². The molecule has 1 saturated heterocycles. The molecule has 0 spiro atoms. The van der Waals surface area contributed by atoms with Crippen LogP contribution in [0.15, 0.2) is 30.3 Å². The molecule has 4 nitrogen and oxygen atoms in total. The Kier molecular flexibility index (Phi) is 3.30. The number of rotatable bonds is 4. The van der Waals surface area contributed by atoms with Gasteiger partial charge in [0.2, 0.25) is 5.91 Å². The lowest BCUT2D eigenvalue weighted by molar-refractivity contribution is -0.196. The summed E-state index contributed by atoms with van der Waals surface area (Å²) < 4.78 is 11.4. The lowest BCUT2D eigenvalue weighted by Gasteiger charge is -2.32. The van der Waals surface area contributed by atoms with Crippen molar-refractivity contribution < 1.29 is 14.3 Å². The molecule has 2 fully saturated rings. The second-order valence-corrected chi connectivity index (χ2v) is 5.83. The predicted molar refractivity (Wildman–Crippen MR) is 75.0 cm³/mol. The van der Waals surface area contributed by atoms with Crippen LogP contribution in [0, 0.1) is 5.41 Å². The van der Waals surface area contributed by atoms with Gasteiger partial charge in [0.15, 0.2) is 5.79 Å². The van der Waals surface area contributed by atoms with E-state index in [1.54, 1.807) is 0 Å². The van der Waals surface area contributed by atoms with Crippen molar-refractivity contribution in [2.45, 2.75) is 38.5 Å². The number of amides is 1. The predicted octanol–water partition coefficient (Wildman–Crippen LogP) is 2.41. The van der Waals surface area contributed by atoms with Crippen LogP contribution in [0.4, 0.5) is 0 Å². The second kappa shape index (κ2) is 4.86. The molecule has 1 aliphatic heterocycles. The maximum atomic E-state index is 12.6. The van der Waals surface area contributed by atoms with Crippen molar-refractivity contribution in [3.8, 4) is 0 Å². The van der Waals surface area contributed by atoms with Crippen LogP contribution < -0.4 is 5.32 Å². The van der Waals surface area contributed by atoms with Gasteiger partial charge in [0.1, 0.15) is 5.41 Å². The number of carbonyl (C=O) groups excluding carboxylic acids is 1. The molecule has 1 aromatic rings. The van der Waals surface area contributed by atoms with Gasteiger partial charge >= 0.3 is 0 Å². The minimum atomic E-state index is -0.756. The fourth-order valence-electron chi connectivity index (χ4n) is 2.96. The number of hydrogen-bond donors (Lipinski definition) is 1. The van der Waals surface area contributed by atoms with Crippen molar-refractivity contribution in [2.75, 3.05) is 13.2 Å². The number of carbonyl (C=O) groups is 1. The van der Waals surface area contributed by atoms with E-state index in [4.69, 9.17) is 9.47 Å². The molecule has 1 N–H and O–H groups in total. The zero-order valence-corrected chi connectivity index (χ0v) is 12.0. The molecule has 1 atom stereocenters. The van der Waals surface area contributed by atoms with E-state index in [1.165, 1.54) is 0 Å². The van der Waals surface area contributed by atoms with E-state index in [0.717, 1.165) is 18.4 Å². The first-order valence-electron chi connectivity index (χ1n) is 7.21. The lowest BCUT2D eigenvalue weighted by atomic mass is 9.94. The van der Waals surface area contributed by atoms with E-state index < -0.39 is 11.2 Å². The molecule has 4 heteroatoms. The average Bonchev–Trinajstić information content (AvgIpc) is 3.18. The van der Waals surface area contributed by atoms with Crippen LogP contribution >= 0.6 is 0 Å². The monoisotopic (exact) mass is 275 g/mol. The van der Waals surface area contributed by atoms with Gasteiger partial charge in [-0.25, -0.2) is 0 Å². The van der Waals surface area contributed by atoms with Crippen molar-refractivity contribution >= 4 is 5.91 Å². The first-order valence-corrected chi connectivity index (χ1v) is 7.21. The standard InChI is InChI=1S/C16H21NO3/c1-12(13-6-4-3-5-7-13)17-14(18)16(8-9-16)15(2)19-10-11-20-15/h3-7,12H,8-11H2,1-2H3,(H,17,18). The summed E-state index contributed by atoms with van der Waals surface area (Å²) in [6.45, 7) is 5.03. The van der Waals surface area contributed by atoms with Gasteiger partial charge in [0.05, 0.1) is 19.3 Å². The topological polar surface area (TPSA) is 47.6 Å². The van der Waals surface area contributed by atoms with Crippen LogP contribution in [0.5, 0.6) is 0 Å². The molecule has 0 radical (unpaired) electrons. The summed E-state index contributed by atoms with van der Waals surface area (Å²) in [6, 6.07) is 9.97. The Morgan fingerprint density at radius 1 is 1.20 bits per heavy atom. The van der Waals surface area contributed by atoms with Gasteiger partial charge in [0.25, 0.3) is 0 Å². The number of hydrogen-bond acceptors (Lipinski definition) is 3. The van der Waals surface area contributed by atoms with E-state index in [2.05, 4.69) is 5.32 Å². The van der Waals surface area contributed by atoms with Crippen molar-refractivity contribution in [1.82, 2.24) is 5.32 Å². The van der Waals surface area contributed by atoms with Crippen LogP contribution in [0.1, 0.15) is 38.3 Å². The molecule has 0 bridgehead atoms. The van der Waals surface area contributed by atoms with Crippen LogP contribution in [-0.4, -0.2) is 24.9 Å². The highest BCUT2D eigenvalue weighted by Gasteiger charge is 2.65. The molecule has 20 heavy (non-hydrogen) atoms. The van der Waals surface area contributed by atoms with E-state index >= 15 is 0 Å². The molecule has 3 rings (SSSR count). The van der Waals surface area contributed by atoms with Gasteiger partial charge in [-0.15, -0.1) is 0 Å². The first kappa shape index (κ1) is 13.6. The van der Waals surface area contributed by atoms with Crippen molar-refractivity contribution in [2.24, 2.45) is 5.41 Å². The maximum absolute atomic E-state index is 12.6. The average molecular weight is 275 g/mol. The van der Waals surface area contributed by atoms with Crippen molar-refractivity contribution in [1.29, 1.82) is 0 Å². The van der Waals surface area contributed by atoms with E-state index in [9.17, 15) is 4.79 Å². The van der Waals surface area contributed by atoms with E-state index in [-0.39, 0.29) is 11.9 Å². The number of nitrogens with one attached hydrogen (secondary N) is 1. The summed E-state index contributed by atoms with van der Waals surface area (Å²) in [7, 11) is 0. The summed E-state index contributed by atoms with van der Waals surface area (Å²) in [5.74, 6) is -0.716. The molecular formula is C16H21NO3. The molecule has 2 aliphatic rings. The smallest absolute Gasteiger partial charge is 0.232 e. The SMILES string of the molecule is CC(NC(=O)C1(C2(C)OCCO2)CC1)c1ccccc1. The molecule has 108 valence electrons. The Bertz CT molecular complexity index is 490. The highest BCUT2D eigenvalue weighted by Crippen LogP contribution is 2.57. The number of ether oxygens (including phenoxy) is 2. The summed E-state index contributed by atoms with van der Waals surface area (Å²) in [5.41, 5.74) is 0.599. The van der Waals surface area contributed by atoms with Gasteiger partial charge in [0, 0.05) is 0 Å². The van der Waals surface area contributed by atoms with Gasteiger partial charge in [-0.1, -0.05) is 30.3 Å². The normalized spacial score (nSPS) is 24.1. The fraction of sp³-hybridized carbons (Fsp3) is 0.562. The van der Waals surface area contributed by atoms with Gasteiger partial charge in [-0.05, 0) is 32.3 Å². The highest BCUT2D eigenvalue weighted by molar-refractivity contribution is 5.86. The largest absolute Gasteiger partial charge is 0.349 e. The molecule has 1 amide bonds. The summed E-state index contributed by atoms with van der Waals surface area (Å²) in [5, 5.41) is 3.10. The Labute approximate surface area is 119 Å². The zero-order chi connectivity index (χ0) is 14.2. The molecular weight excluding hydrogens is 254 g/mol. The van der Waals surface area contributed by atoms with Crippen LogP contribution in [0.2, 0.25) is 0 Å². The summed E-state index contributed by atoms with van der Waals surface area (Å²) in [6.07, 6.45) is 1.66. The quantitative estimate of drug-likeness (QED) is 0.918. The Morgan fingerprint density at radius 3 is 2.35 bits per heavy atom. The van der Waals surface area contributed by atoms with Gasteiger partial charge in [-0.3, -0.25) is 4.79 Å². The summed E-state index contributed by atoms with van der Waals surface area (Å²) in [4.78, 5) is 12.6. The Morgan fingerprint density at radius 2 is 1.80 bits per heavy atom. The van der Waals surface area contributed by atoms with Crippen LogP contribution in [-0.2, 0) is 14.3 Å². The third-order valence-electron chi connectivity index (χ3n) is 4.54. The molecule has 1 unspecified atom stereocenters. The van der Waals surface area contributed by atoms with Gasteiger partial charge < -0.3 is 14.8 Å². The molecule has 1 saturated carbocycles. The maximum Gasteiger partial charge on any atom is 0.232 e. The molecule has 1 aliphatic carbocycles. The zero-order valence-electron chi connectivity index (χ0n) is 12.0. The number of benzene rings is 1. The second-order valence-electron chi connectivity index (χ2n) is 5.83. The Hall–Kier alpha value is -1.39.